The summed E-state index contributed by atoms with van der Waals surface area (Å²) < 4.78 is 5.71. The van der Waals surface area contributed by atoms with Gasteiger partial charge in [0.05, 0.1) is 23.9 Å². The standard InChI is InChI=1S/C19H21ClN4OS/c1-12-17(20)23-19(25-10-9-15-7-5-4-6-8-15)24-18(12)21-11-16-13(2)22-14(3)26-16/h4-8H,9-11H2,1-3H3,(H,21,23,24). The fourth-order valence-corrected chi connectivity index (χ4v) is 3.55. The summed E-state index contributed by atoms with van der Waals surface area (Å²) in [6.07, 6.45) is 0.789. The Kier molecular flexibility index (Phi) is 6.06. The molecule has 0 atom stereocenters. The number of nitrogens with one attached hydrogen (secondary N) is 1. The first-order chi connectivity index (χ1) is 12.5. The largest absolute Gasteiger partial charge is 0.463 e. The number of anilines is 1. The van der Waals surface area contributed by atoms with E-state index in [1.165, 1.54) is 10.4 Å². The Bertz CT molecular complexity index is 883. The number of thiazole rings is 1. The molecule has 1 aromatic carbocycles. The molecule has 3 rings (SSSR count). The van der Waals surface area contributed by atoms with Crippen molar-refractivity contribution in [2.45, 2.75) is 33.7 Å². The number of nitrogens with zero attached hydrogens (tertiary/aromatic N) is 3. The van der Waals surface area contributed by atoms with E-state index >= 15 is 0 Å². The molecular formula is C19H21ClN4OS. The van der Waals surface area contributed by atoms with Crippen LogP contribution in [0.2, 0.25) is 5.15 Å². The van der Waals surface area contributed by atoms with Crippen LogP contribution in [0.1, 0.15) is 26.7 Å². The second-order valence-electron chi connectivity index (χ2n) is 5.95. The third-order valence-electron chi connectivity index (χ3n) is 3.95. The van der Waals surface area contributed by atoms with Crippen molar-refractivity contribution in [3.63, 3.8) is 0 Å². The molecule has 0 unspecified atom stereocenters. The van der Waals surface area contributed by atoms with Gasteiger partial charge in [-0.3, -0.25) is 0 Å². The van der Waals surface area contributed by atoms with Crippen LogP contribution in [-0.4, -0.2) is 21.6 Å². The third-order valence-corrected chi connectivity index (χ3v) is 5.39. The minimum atomic E-state index is 0.288. The van der Waals surface area contributed by atoms with Crippen LogP contribution in [0.5, 0.6) is 6.01 Å². The van der Waals surface area contributed by atoms with E-state index in [9.17, 15) is 0 Å². The number of hydrogen-bond acceptors (Lipinski definition) is 6. The molecule has 3 aromatic rings. The van der Waals surface area contributed by atoms with Gasteiger partial charge in [0.25, 0.3) is 0 Å². The Labute approximate surface area is 162 Å². The van der Waals surface area contributed by atoms with Crippen molar-refractivity contribution in [3.05, 3.63) is 62.2 Å². The number of aromatic nitrogens is 3. The molecule has 0 spiro atoms. The Morgan fingerprint density at radius 3 is 2.54 bits per heavy atom. The summed E-state index contributed by atoms with van der Waals surface area (Å²) >= 11 is 7.93. The fraction of sp³-hybridized carbons (Fsp3) is 0.316. The molecule has 7 heteroatoms. The van der Waals surface area contributed by atoms with Gasteiger partial charge in [-0.25, -0.2) is 4.98 Å². The van der Waals surface area contributed by atoms with E-state index in [0.717, 1.165) is 22.7 Å². The highest BCUT2D eigenvalue weighted by Crippen LogP contribution is 2.25. The smallest absolute Gasteiger partial charge is 0.319 e. The monoisotopic (exact) mass is 388 g/mol. The fourth-order valence-electron chi connectivity index (χ4n) is 2.51. The zero-order chi connectivity index (χ0) is 18.5. The minimum Gasteiger partial charge on any atom is -0.463 e. The quantitative estimate of drug-likeness (QED) is 0.592. The Hall–Kier alpha value is -2.18. The average molecular weight is 389 g/mol. The zero-order valence-electron chi connectivity index (χ0n) is 15.0. The van der Waals surface area contributed by atoms with Crippen LogP contribution >= 0.6 is 22.9 Å². The average Bonchev–Trinajstić information content (AvgIpc) is 2.95. The predicted molar refractivity (Wildman–Crippen MR) is 106 cm³/mol. The topological polar surface area (TPSA) is 59.9 Å². The number of hydrogen-bond donors (Lipinski definition) is 1. The first-order valence-electron chi connectivity index (χ1n) is 8.40. The lowest BCUT2D eigenvalue weighted by molar-refractivity contribution is 0.296. The van der Waals surface area contributed by atoms with E-state index in [4.69, 9.17) is 16.3 Å². The van der Waals surface area contributed by atoms with Crippen molar-refractivity contribution in [3.8, 4) is 6.01 Å². The molecule has 136 valence electrons. The second kappa shape index (κ2) is 8.47. The highest BCUT2D eigenvalue weighted by atomic mass is 35.5. The summed E-state index contributed by atoms with van der Waals surface area (Å²) in [6.45, 7) is 7.05. The maximum atomic E-state index is 6.25. The summed E-state index contributed by atoms with van der Waals surface area (Å²) in [5.74, 6) is 0.685. The van der Waals surface area contributed by atoms with Gasteiger partial charge in [0, 0.05) is 16.9 Å². The van der Waals surface area contributed by atoms with E-state index in [-0.39, 0.29) is 6.01 Å². The van der Waals surface area contributed by atoms with Gasteiger partial charge in [-0.05, 0) is 26.3 Å². The number of rotatable bonds is 7. The Morgan fingerprint density at radius 1 is 1.08 bits per heavy atom. The number of benzene rings is 1. The first kappa shape index (κ1) is 18.6. The van der Waals surface area contributed by atoms with Crippen molar-refractivity contribution < 1.29 is 4.74 Å². The molecule has 0 aliphatic rings. The lowest BCUT2D eigenvalue weighted by Crippen LogP contribution is -2.09. The van der Waals surface area contributed by atoms with E-state index < -0.39 is 0 Å². The van der Waals surface area contributed by atoms with Crippen molar-refractivity contribution in [1.29, 1.82) is 0 Å². The summed E-state index contributed by atoms with van der Waals surface area (Å²) in [7, 11) is 0. The maximum absolute atomic E-state index is 6.25. The summed E-state index contributed by atoms with van der Waals surface area (Å²) in [6, 6.07) is 10.4. The highest BCUT2D eigenvalue weighted by Gasteiger charge is 2.12. The molecule has 2 aromatic heterocycles. The van der Waals surface area contributed by atoms with E-state index in [1.807, 2.05) is 39.0 Å². The minimum absolute atomic E-state index is 0.288. The predicted octanol–water partition coefficient (Wildman–Crippen LogP) is 4.75. The van der Waals surface area contributed by atoms with Gasteiger partial charge in [0.2, 0.25) is 0 Å². The van der Waals surface area contributed by atoms with Crippen LogP contribution in [0.25, 0.3) is 0 Å². The summed E-state index contributed by atoms with van der Waals surface area (Å²) in [5, 5.41) is 4.78. The van der Waals surface area contributed by atoms with Crippen LogP contribution in [0, 0.1) is 20.8 Å². The first-order valence-corrected chi connectivity index (χ1v) is 9.60. The van der Waals surface area contributed by atoms with E-state index in [2.05, 4.69) is 32.4 Å². The summed E-state index contributed by atoms with van der Waals surface area (Å²) in [5.41, 5.74) is 3.05. The molecule has 0 aliphatic heterocycles. The van der Waals surface area contributed by atoms with Crippen LogP contribution in [0.4, 0.5) is 5.82 Å². The van der Waals surface area contributed by atoms with Gasteiger partial charge < -0.3 is 10.1 Å². The van der Waals surface area contributed by atoms with Gasteiger partial charge in [-0.1, -0.05) is 41.9 Å². The molecule has 2 heterocycles. The van der Waals surface area contributed by atoms with Gasteiger partial charge in [-0.15, -0.1) is 11.3 Å². The molecule has 0 radical (unpaired) electrons. The molecule has 0 amide bonds. The van der Waals surface area contributed by atoms with Gasteiger partial charge in [0.1, 0.15) is 11.0 Å². The number of ether oxygens (including phenoxy) is 1. The lowest BCUT2D eigenvalue weighted by atomic mass is 10.2. The maximum Gasteiger partial charge on any atom is 0.319 e. The lowest BCUT2D eigenvalue weighted by Gasteiger charge is -2.11. The normalized spacial score (nSPS) is 10.8. The molecule has 5 nitrogen and oxygen atoms in total. The Morgan fingerprint density at radius 2 is 1.85 bits per heavy atom. The van der Waals surface area contributed by atoms with Gasteiger partial charge in [-0.2, -0.15) is 9.97 Å². The van der Waals surface area contributed by atoms with Crippen LogP contribution in [-0.2, 0) is 13.0 Å². The second-order valence-corrected chi connectivity index (χ2v) is 7.60. The van der Waals surface area contributed by atoms with Crippen molar-refractivity contribution >= 4 is 28.8 Å². The van der Waals surface area contributed by atoms with Crippen LogP contribution in [0.15, 0.2) is 30.3 Å². The van der Waals surface area contributed by atoms with Gasteiger partial charge in [0.15, 0.2) is 0 Å². The molecule has 1 N–H and O–H groups in total. The number of aryl methyl sites for hydroxylation is 2. The third kappa shape index (κ3) is 4.71. The van der Waals surface area contributed by atoms with E-state index in [1.54, 1.807) is 11.3 Å². The van der Waals surface area contributed by atoms with E-state index in [0.29, 0.717) is 24.1 Å². The van der Waals surface area contributed by atoms with Crippen LogP contribution < -0.4 is 10.1 Å². The Balaban J connectivity index is 1.65. The molecular weight excluding hydrogens is 368 g/mol. The molecule has 0 bridgehead atoms. The van der Waals surface area contributed by atoms with Crippen molar-refractivity contribution in [1.82, 2.24) is 15.0 Å². The van der Waals surface area contributed by atoms with Gasteiger partial charge >= 0.3 is 6.01 Å². The zero-order valence-corrected chi connectivity index (χ0v) is 16.6. The molecule has 0 fully saturated rings. The summed E-state index contributed by atoms with van der Waals surface area (Å²) in [4.78, 5) is 14.3. The van der Waals surface area contributed by atoms with Crippen molar-refractivity contribution in [2.75, 3.05) is 11.9 Å². The molecule has 26 heavy (non-hydrogen) atoms. The highest BCUT2D eigenvalue weighted by molar-refractivity contribution is 7.11. The van der Waals surface area contributed by atoms with Crippen LogP contribution in [0.3, 0.4) is 0 Å². The molecule has 0 saturated heterocycles. The molecule has 0 aliphatic carbocycles. The number of halogens is 1. The van der Waals surface area contributed by atoms with Crippen molar-refractivity contribution in [2.24, 2.45) is 0 Å². The molecule has 0 saturated carbocycles. The SMILES string of the molecule is Cc1nc(C)c(CNc2nc(OCCc3ccccc3)nc(Cl)c2C)s1.